The molecule has 1 aliphatic carbocycles. The number of nitrogens with zero attached hydrogens (tertiary/aromatic N) is 2. The number of benzene rings is 2. The van der Waals surface area contributed by atoms with Gasteiger partial charge in [0.2, 0.25) is 0 Å². The van der Waals surface area contributed by atoms with Crippen LogP contribution in [0.3, 0.4) is 0 Å². The number of halogens is 3. The molecule has 3 atom stereocenters. The third kappa shape index (κ3) is 5.41. The zero-order chi connectivity index (χ0) is 27.2. The van der Waals surface area contributed by atoms with Crippen molar-refractivity contribution in [2.75, 3.05) is 18.4 Å². The molecule has 1 amide bonds. The zero-order valence-electron chi connectivity index (χ0n) is 21.6. The first-order valence-corrected chi connectivity index (χ1v) is 13.0. The molecule has 7 nitrogen and oxygen atoms in total. The van der Waals surface area contributed by atoms with E-state index in [9.17, 15) is 22.8 Å². The number of ether oxygens (including phenoxy) is 1. The Hall–Kier alpha value is -3.40. The predicted octanol–water partition coefficient (Wildman–Crippen LogP) is 5.63. The van der Waals surface area contributed by atoms with Crippen molar-refractivity contribution in [2.45, 2.75) is 70.4 Å². The lowest BCUT2D eigenvalue weighted by atomic mass is 9.95. The van der Waals surface area contributed by atoms with Crippen LogP contribution in [0, 0.1) is 0 Å². The maximum Gasteiger partial charge on any atom is 0.416 e. The van der Waals surface area contributed by atoms with Gasteiger partial charge >= 0.3 is 6.18 Å². The minimum atomic E-state index is -4.62. The second-order valence-electron chi connectivity index (χ2n) is 10.3. The summed E-state index contributed by atoms with van der Waals surface area (Å²) in [6.07, 6.45) is -2.65. The molecule has 0 spiro atoms. The van der Waals surface area contributed by atoms with Crippen LogP contribution in [0.15, 0.2) is 41.2 Å². The molecule has 3 aromatic rings. The van der Waals surface area contributed by atoms with Crippen LogP contribution < -0.4 is 10.9 Å². The summed E-state index contributed by atoms with van der Waals surface area (Å²) in [4.78, 5) is 34.5. The molecule has 0 bridgehead atoms. The largest absolute Gasteiger partial charge is 0.416 e. The number of aromatic nitrogens is 2. The molecule has 1 aliphatic heterocycles. The lowest BCUT2D eigenvalue weighted by Crippen LogP contribution is -2.48. The minimum absolute atomic E-state index is 0.0181. The molecule has 202 valence electrons. The Morgan fingerprint density at radius 3 is 2.39 bits per heavy atom. The minimum Gasteiger partial charge on any atom is -0.378 e. The monoisotopic (exact) mass is 528 g/mol. The molecule has 2 N–H and O–H groups in total. The van der Waals surface area contributed by atoms with Crippen molar-refractivity contribution in [3.05, 3.63) is 69.3 Å². The number of H-pyrrole nitrogens is 1. The van der Waals surface area contributed by atoms with Gasteiger partial charge in [-0.2, -0.15) is 13.2 Å². The number of nitrogens with one attached hydrogen (secondary N) is 2. The summed E-state index contributed by atoms with van der Waals surface area (Å²) in [5.74, 6) is 0.442. The highest BCUT2D eigenvalue weighted by Crippen LogP contribution is 2.40. The second-order valence-corrected chi connectivity index (χ2v) is 10.3. The van der Waals surface area contributed by atoms with Crippen LogP contribution in [0.2, 0.25) is 0 Å². The van der Waals surface area contributed by atoms with Gasteiger partial charge in [-0.15, -0.1) is 0 Å². The zero-order valence-corrected chi connectivity index (χ0v) is 21.6. The van der Waals surface area contributed by atoms with Crippen molar-refractivity contribution in [1.29, 1.82) is 0 Å². The lowest BCUT2D eigenvalue weighted by molar-refractivity contribution is -0.138. The Morgan fingerprint density at radius 1 is 1.16 bits per heavy atom. The van der Waals surface area contributed by atoms with Gasteiger partial charge in [-0.25, -0.2) is 4.98 Å². The first-order valence-electron chi connectivity index (χ1n) is 13.0. The van der Waals surface area contributed by atoms with Crippen LogP contribution in [0.5, 0.6) is 0 Å². The van der Waals surface area contributed by atoms with Gasteiger partial charge in [-0.1, -0.05) is 6.92 Å². The van der Waals surface area contributed by atoms with Gasteiger partial charge in [0.1, 0.15) is 5.82 Å². The third-order valence-electron chi connectivity index (χ3n) is 7.13. The Labute approximate surface area is 218 Å². The van der Waals surface area contributed by atoms with E-state index < -0.39 is 23.3 Å². The van der Waals surface area contributed by atoms with Crippen LogP contribution in [0.25, 0.3) is 10.9 Å². The van der Waals surface area contributed by atoms with Crippen LogP contribution in [-0.4, -0.2) is 46.1 Å². The summed E-state index contributed by atoms with van der Waals surface area (Å²) in [6, 6.07) is 8.29. The van der Waals surface area contributed by atoms with E-state index in [-0.39, 0.29) is 40.5 Å². The van der Waals surface area contributed by atoms with E-state index in [1.807, 2.05) is 13.8 Å². The smallest absolute Gasteiger partial charge is 0.378 e. The summed E-state index contributed by atoms with van der Waals surface area (Å²) in [7, 11) is 0. The highest BCUT2D eigenvalue weighted by atomic mass is 19.4. The lowest BCUT2D eigenvalue weighted by Gasteiger charge is -2.35. The van der Waals surface area contributed by atoms with E-state index in [1.54, 1.807) is 36.1 Å². The standard InChI is InChI=1S/C28H31F3N4O3/c1-4-23(32-19-9-7-18(8-10-19)27(37)35-13-15(2)38-16(3)14-35)20-11-21-24(12-22(20)28(29,30)31)33-25(17-5-6-17)34-26(21)36/h7-12,15-17,23,32H,4-6,13-14H2,1-3H3,(H,33,34,36). The van der Waals surface area contributed by atoms with E-state index in [2.05, 4.69) is 15.3 Å². The molecule has 2 heterocycles. The topological polar surface area (TPSA) is 87.3 Å². The SMILES string of the molecule is CCC(Nc1ccc(C(=O)N2CC(C)OC(C)C2)cc1)c1cc2c(=O)[nH]c(C3CC3)nc2cc1C(F)(F)F. The van der Waals surface area contributed by atoms with Gasteiger partial charge in [0.15, 0.2) is 0 Å². The van der Waals surface area contributed by atoms with E-state index in [0.29, 0.717) is 36.6 Å². The maximum atomic E-state index is 14.2. The van der Waals surface area contributed by atoms with Gasteiger partial charge in [0.25, 0.3) is 11.5 Å². The summed E-state index contributed by atoms with van der Waals surface area (Å²) >= 11 is 0. The van der Waals surface area contributed by atoms with Crippen molar-refractivity contribution in [1.82, 2.24) is 14.9 Å². The number of amides is 1. The van der Waals surface area contributed by atoms with Gasteiger partial charge in [-0.05, 0) is 75.1 Å². The molecule has 38 heavy (non-hydrogen) atoms. The van der Waals surface area contributed by atoms with E-state index in [1.165, 1.54) is 6.07 Å². The van der Waals surface area contributed by atoms with Crippen molar-refractivity contribution < 1.29 is 22.7 Å². The average Bonchev–Trinajstić information content (AvgIpc) is 3.71. The van der Waals surface area contributed by atoms with Gasteiger partial charge in [0.05, 0.1) is 34.7 Å². The first-order chi connectivity index (χ1) is 18.0. The number of aromatic amines is 1. The molecule has 1 saturated heterocycles. The number of rotatable bonds is 6. The molecule has 0 radical (unpaired) electrons. The second kappa shape index (κ2) is 10.1. The fourth-order valence-electron chi connectivity index (χ4n) is 5.14. The molecular formula is C28H31F3N4O3. The molecule has 5 rings (SSSR count). The summed E-state index contributed by atoms with van der Waals surface area (Å²) in [5.41, 5.74) is -0.147. The van der Waals surface area contributed by atoms with Gasteiger partial charge < -0.3 is 19.9 Å². The van der Waals surface area contributed by atoms with Crippen molar-refractivity contribution in [3.8, 4) is 0 Å². The molecule has 2 aliphatic rings. The van der Waals surface area contributed by atoms with Crippen molar-refractivity contribution in [3.63, 3.8) is 0 Å². The molecule has 10 heteroatoms. The van der Waals surface area contributed by atoms with E-state index in [4.69, 9.17) is 4.74 Å². The summed E-state index contributed by atoms with van der Waals surface area (Å²) in [6.45, 7) is 6.62. The quantitative estimate of drug-likeness (QED) is 0.433. The number of carbonyl (C=O) groups is 1. The Morgan fingerprint density at radius 2 is 1.82 bits per heavy atom. The van der Waals surface area contributed by atoms with Crippen molar-refractivity contribution >= 4 is 22.5 Å². The fourth-order valence-corrected chi connectivity index (χ4v) is 5.14. The van der Waals surface area contributed by atoms with Crippen molar-refractivity contribution in [2.24, 2.45) is 0 Å². The summed E-state index contributed by atoms with van der Waals surface area (Å²) in [5, 5.41) is 3.30. The van der Waals surface area contributed by atoms with Crippen LogP contribution >= 0.6 is 0 Å². The van der Waals surface area contributed by atoms with E-state index >= 15 is 0 Å². The fraction of sp³-hybridized carbons (Fsp3) is 0.464. The third-order valence-corrected chi connectivity index (χ3v) is 7.13. The number of morpholine rings is 1. The normalized spacial score (nSPS) is 20.9. The van der Waals surface area contributed by atoms with E-state index in [0.717, 1.165) is 18.9 Å². The molecular weight excluding hydrogens is 497 g/mol. The van der Waals surface area contributed by atoms with Gasteiger partial charge in [-0.3, -0.25) is 9.59 Å². The molecule has 3 unspecified atom stereocenters. The number of carbonyl (C=O) groups excluding carboxylic acids is 1. The average molecular weight is 529 g/mol. The number of hydrogen-bond donors (Lipinski definition) is 2. The predicted molar refractivity (Wildman–Crippen MR) is 138 cm³/mol. The number of fused-ring (bicyclic) bond motifs is 1. The van der Waals surface area contributed by atoms with Crippen LogP contribution in [-0.2, 0) is 10.9 Å². The highest BCUT2D eigenvalue weighted by molar-refractivity contribution is 5.94. The Balaban J connectivity index is 1.42. The highest BCUT2D eigenvalue weighted by Gasteiger charge is 2.36. The number of hydrogen-bond acceptors (Lipinski definition) is 5. The number of alkyl halides is 3. The summed E-state index contributed by atoms with van der Waals surface area (Å²) < 4.78 is 48.2. The Bertz CT molecular complexity index is 1390. The van der Waals surface area contributed by atoms with Crippen LogP contribution in [0.1, 0.15) is 79.3 Å². The maximum absolute atomic E-state index is 14.2. The number of anilines is 1. The van der Waals surface area contributed by atoms with Gasteiger partial charge in [0, 0.05) is 30.3 Å². The molecule has 1 saturated carbocycles. The Kier molecular flexibility index (Phi) is 6.94. The van der Waals surface area contributed by atoms with Crippen LogP contribution in [0.4, 0.5) is 18.9 Å². The molecule has 2 aromatic carbocycles. The molecule has 1 aromatic heterocycles. The first kappa shape index (κ1) is 26.2. The molecule has 2 fully saturated rings.